The van der Waals surface area contributed by atoms with E-state index in [1.165, 1.54) is 286 Å². The normalized spacial score (nSPS) is 12.7. The lowest BCUT2D eigenvalue weighted by Crippen LogP contribution is -2.44. The summed E-state index contributed by atoms with van der Waals surface area (Å²) in [6, 6.07) is 31.9. The molecule has 0 spiro atoms. The molecule has 0 N–H and O–H groups in total. The van der Waals surface area contributed by atoms with Gasteiger partial charge < -0.3 is 4.12 Å². The highest BCUT2D eigenvalue weighted by molar-refractivity contribution is 7.37. The van der Waals surface area contributed by atoms with Crippen molar-refractivity contribution in [3.8, 4) is 0 Å². The molecule has 0 atom stereocenters. The average Bonchev–Trinajstić information content (AvgIpc) is 4.12. The maximum absolute atomic E-state index is 7.06. The van der Waals surface area contributed by atoms with Crippen molar-refractivity contribution < 1.29 is 4.12 Å². The molecule has 0 amide bonds. The van der Waals surface area contributed by atoms with Gasteiger partial charge in [-0.05, 0) is 136 Å². The van der Waals surface area contributed by atoms with Crippen molar-refractivity contribution in [3.63, 3.8) is 0 Å². The van der Waals surface area contributed by atoms with Crippen LogP contribution in [0.25, 0.3) is 59.1 Å². The number of hydrogen-bond acceptors (Lipinski definition) is 5. The van der Waals surface area contributed by atoms with E-state index in [0.29, 0.717) is 0 Å². The fraction of sp³-hybridized carbons (Fsp3) is 0.576. The number of aryl methyl sites for hydroxylation is 4. The molecule has 4 heterocycles. The highest BCUT2D eigenvalue weighted by Crippen LogP contribution is 2.46. The third-order valence-corrected chi connectivity index (χ3v) is 28.6. The number of benzene rings is 4. The lowest BCUT2D eigenvalue weighted by Gasteiger charge is -2.34. The minimum absolute atomic E-state index is 1.22. The molecule has 396 valence electrons. The van der Waals surface area contributed by atoms with Crippen LogP contribution < -0.4 is 0 Å². The summed E-state index contributed by atoms with van der Waals surface area (Å²) in [5, 5.41) is 5.87. The lowest BCUT2D eigenvalue weighted by molar-refractivity contribution is 0.515. The van der Waals surface area contributed by atoms with Gasteiger partial charge in [0.2, 0.25) is 0 Å². The van der Waals surface area contributed by atoms with Gasteiger partial charge >= 0.3 is 0 Å². The molecule has 0 aliphatic rings. The molecule has 1 nitrogen and oxygen atoms in total. The average molecular weight is 1090 g/mol. The molecule has 0 unspecified atom stereocenters. The molecule has 0 aliphatic heterocycles. The third-order valence-electron chi connectivity index (χ3n) is 16.1. The van der Waals surface area contributed by atoms with Gasteiger partial charge in [-0.25, -0.2) is 0 Å². The first-order chi connectivity index (χ1) is 35.6. The van der Waals surface area contributed by atoms with Gasteiger partial charge in [-0.15, -0.1) is 45.3 Å². The summed E-state index contributed by atoms with van der Waals surface area (Å²) >= 11 is 8.07. The van der Waals surface area contributed by atoms with Crippen molar-refractivity contribution in [1.82, 2.24) is 0 Å². The van der Waals surface area contributed by atoms with Crippen molar-refractivity contribution in [3.05, 3.63) is 95.1 Å². The van der Waals surface area contributed by atoms with Crippen molar-refractivity contribution in [2.24, 2.45) is 0 Å². The number of hydrogen-bond donors (Lipinski definition) is 0. The van der Waals surface area contributed by atoms with Crippen LogP contribution >= 0.6 is 45.3 Å². The van der Waals surface area contributed by atoms with Crippen LogP contribution in [0.1, 0.15) is 203 Å². The standard InChI is InChI=1S/C66H94OS4Si2/c1-7-9-11-27-33-51-37-41-55-59(47-51)68-65-57-43-39-53(49-61(57)70-63(55)65)35-29-23-19-15-13-17-21-25-31-45-72(3,4)67-73(5,6)46-32-26-22-18-14-16-20-24-30-36-54-40-44-58-62(50-54)71-64-56-42-38-52(34-28-12-10-8-2)48-60(56)69-66(58)64/h37-44,47-50H,7-36,45-46H2,1-6H3. The van der Waals surface area contributed by atoms with E-state index in [0.717, 1.165) is 0 Å². The van der Waals surface area contributed by atoms with Gasteiger partial charge in [-0.3, -0.25) is 0 Å². The van der Waals surface area contributed by atoms with Crippen LogP contribution in [0.3, 0.4) is 0 Å². The van der Waals surface area contributed by atoms with Gasteiger partial charge in [0, 0.05) is 40.3 Å². The zero-order valence-electron chi connectivity index (χ0n) is 46.6. The quantitative estimate of drug-likeness (QED) is 0.0281. The molecule has 0 saturated heterocycles. The van der Waals surface area contributed by atoms with Gasteiger partial charge in [0.05, 0.1) is 18.8 Å². The number of fused-ring (bicyclic) bond motifs is 10. The van der Waals surface area contributed by atoms with Crippen LogP contribution in [0.15, 0.2) is 72.8 Å². The molecule has 8 aromatic rings. The van der Waals surface area contributed by atoms with Crippen molar-refractivity contribution in [2.45, 2.75) is 245 Å². The monoisotopic (exact) mass is 1090 g/mol. The Morgan fingerprint density at radius 1 is 0.301 bits per heavy atom. The molecule has 0 saturated carbocycles. The second-order valence-corrected chi connectivity index (χ2v) is 36.7. The first-order valence-electron chi connectivity index (χ1n) is 30.0. The molecule has 0 aliphatic carbocycles. The topological polar surface area (TPSA) is 9.23 Å². The predicted octanol–water partition coefficient (Wildman–Crippen LogP) is 24.3. The van der Waals surface area contributed by atoms with Gasteiger partial charge in [0.25, 0.3) is 0 Å². The Morgan fingerprint density at radius 2 is 0.534 bits per heavy atom. The highest BCUT2D eigenvalue weighted by atomic mass is 32.1. The van der Waals surface area contributed by atoms with Crippen LogP contribution in [-0.2, 0) is 29.8 Å². The molecule has 4 aromatic carbocycles. The first kappa shape index (κ1) is 56.8. The Balaban J connectivity index is 0.606. The summed E-state index contributed by atoms with van der Waals surface area (Å²) in [6.07, 6.45) is 40.5. The van der Waals surface area contributed by atoms with E-state index >= 15 is 0 Å². The second kappa shape index (κ2) is 28.8. The highest BCUT2D eigenvalue weighted by Gasteiger charge is 2.32. The Labute approximate surface area is 461 Å². The van der Waals surface area contributed by atoms with Crippen molar-refractivity contribution in [1.29, 1.82) is 0 Å². The van der Waals surface area contributed by atoms with Crippen LogP contribution in [0.5, 0.6) is 0 Å². The largest absolute Gasteiger partial charge is 0.455 e. The fourth-order valence-electron chi connectivity index (χ4n) is 11.9. The minimum Gasteiger partial charge on any atom is -0.455 e. The molecule has 0 fully saturated rings. The van der Waals surface area contributed by atoms with Crippen LogP contribution in [0.4, 0.5) is 0 Å². The SMILES string of the molecule is CCCCCCc1ccc2c(c1)sc1c3ccc(CCCCCCCCCCC[Si](C)(C)O[Si](C)(C)CCCCCCCCCCCc4ccc5c(c4)sc4c6ccc(CCCCCC)cc6sc54)cc3sc21. The van der Waals surface area contributed by atoms with E-state index in [9.17, 15) is 0 Å². The third kappa shape index (κ3) is 16.8. The van der Waals surface area contributed by atoms with Crippen LogP contribution in [0, 0.1) is 0 Å². The zero-order chi connectivity index (χ0) is 50.9. The predicted molar refractivity (Wildman–Crippen MR) is 341 cm³/mol. The smallest absolute Gasteiger partial charge is 0.173 e. The van der Waals surface area contributed by atoms with E-state index < -0.39 is 16.6 Å². The van der Waals surface area contributed by atoms with Crippen molar-refractivity contribution >= 4 is 121 Å². The summed E-state index contributed by atoms with van der Waals surface area (Å²) in [5.74, 6) is 0. The Bertz CT molecular complexity index is 2710. The summed E-state index contributed by atoms with van der Waals surface area (Å²) in [4.78, 5) is 0. The first-order valence-corrected chi connectivity index (χ1v) is 39.5. The molecule has 0 radical (unpaired) electrons. The van der Waals surface area contributed by atoms with Gasteiger partial charge in [0.15, 0.2) is 16.6 Å². The van der Waals surface area contributed by atoms with Gasteiger partial charge in [-0.2, -0.15) is 0 Å². The van der Waals surface area contributed by atoms with E-state index in [1.54, 1.807) is 0 Å². The maximum Gasteiger partial charge on any atom is 0.173 e. The van der Waals surface area contributed by atoms with Crippen molar-refractivity contribution in [2.75, 3.05) is 0 Å². The minimum atomic E-state index is -1.59. The second-order valence-electron chi connectivity index (χ2n) is 23.7. The fourth-order valence-corrected chi connectivity index (χ4v) is 26.5. The molecule has 7 heteroatoms. The van der Waals surface area contributed by atoms with E-state index in [1.807, 2.05) is 45.3 Å². The van der Waals surface area contributed by atoms with Crippen LogP contribution in [0.2, 0.25) is 38.3 Å². The number of rotatable bonds is 36. The molecular weight excluding hydrogens is 993 g/mol. The summed E-state index contributed by atoms with van der Waals surface area (Å²) in [5.41, 5.74) is 6.08. The lowest BCUT2D eigenvalue weighted by atomic mass is 10.0. The molecular formula is C66H94OS4Si2. The molecule has 73 heavy (non-hydrogen) atoms. The Morgan fingerprint density at radius 3 is 0.795 bits per heavy atom. The summed E-state index contributed by atoms with van der Waals surface area (Å²) in [6.45, 7) is 14.6. The summed E-state index contributed by atoms with van der Waals surface area (Å²) < 4.78 is 19.0. The molecule has 8 rings (SSSR count). The van der Waals surface area contributed by atoms with E-state index in [-0.39, 0.29) is 0 Å². The van der Waals surface area contributed by atoms with E-state index in [4.69, 9.17) is 4.12 Å². The zero-order valence-corrected chi connectivity index (χ0v) is 51.9. The number of unbranched alkanes of at least 4 members (excludes halogenated alkanes) is 22. The molecule has 4 aromatic heterocycles. The van der Waals surface area contributed by atoms with Crippen LogP contribution in [-0.4, -0.2) is 16.6 Å². The van der Waals surface area contributed by atoms with E-state index in [2.05, 4.69) is 113 Å². The maximum atomic E-state index is 7.06. The Kier molecular flexibility index (Phi) is 22.5. The molecule has 0 bridgehead atoms. The summed E-state index contributed by atoms with van der Waals surface area (Å²) in [7, 11) is -3.17. The van der Waals surface area contributed by atoms with Gasteiger partial charge in [0.1, 0.15) is 0 Å². The van der Waals surface area contributed by atoms with Gasteiger partial charge in [-0.1, -0.05) is 204 Å². The Hall–Kier alpha value is -2.37. The number of thiophene rings is 4.